The number of hydrogen-bond donors (Lipinski definition) is 1. The minimum atomic E-state index is -0.293. The quantitative estimate of drug-likeness (QED) is 0.879. The number of aryl methyl sites for hydroxylation is 2. The van der Waals surface area contributed by atoms with Crippen molar-refractivity contribution in [3.8, 4) is 11.1 Å². The lowest BCUT2D eigenvalue weighted by molar-refractivity contribution is 0.170. The van der Waals surface area contributed by atoms with Gasteiger partial charge in [0.25, 0.3) is 0 Å². The maximum absolute atomic E-state index is 11.5. The number of carbonyl (C=O) groups excluding carboxylic acids is 1. The summed E-state index contributed by atoms with van der Waals surface area (Å²) in [5.41, 5.74) is 5.95. The van der Waals surface area contributed by atoms with Gasteiger partial charge >= 0.3 is 6.09 Å². The molecule has 4 heteroatoms. The smallest absolute Gasteiger partial charge is 0.407 e. The Hall–Kier alpha value is -2.36. The average molecular weight is 294 g/mol. The second kappa shape index (κ2) is 4.83. The Labute approximate surface area is 129 Å². The van der Waals surface area contributed by atoms with Crippen molar-refractivity contribution in [3.05, 3.63) is 53.3 Å². The minimum absolute atomic E-state index is 0.239. The lowest BCUT2D eigenvalue weighted by Crippen LogP contribution is -2.48. The lowest BCUT2D eigenvalue weighted by Gasteiger charge is -2.33. The largest absolute Gasteiger partial charge is 0.447 e. The lowest BCUT2D eigenvalue weighted by atomic mass is 9.76. The van der Waals surface area contributed by atoms with Crippen LogP contribution in [0.5, 0.6) is 0 Å². The van der Waals surface area contributed by atoms with Crippen LogP contribution in [-0.4, -0.2) is 23.2 Å². The van der Waals surface area contributed by atoms with E-state index in [2.05, 4.69) is 41.5 Å². The second-order valence-corrected chi connectivity index (χ2v) is 6.35. The third-order valence-corrected chi connectivity index (χ3v) is 4.69. The highest BCUT2D eigenvalue weighted by molar-refractivity contribution is 5.73. The Morgan fingerprint density at radius 1 is 1.32 bits per heavy atom. The van der Waals surface area contributed by atoms with Gasteiger partial charge < -0.3 is 10.1 Å². The van der Waals surface area contributed by atoms with E-state index in [1.54, 1.807) is 0 Å². The molecule has 0 saturated carbocycles. The van der Waals surface area contributed by atoms with Gasteiger partial charge in [-0.2, -0.15) is 0 Å². The molecule has 0 radical (unpaired) electrons. The third-order valence-electron chi connectivity index (χ3n) is 4.69. The number of nitrogens with zero attached hydrogens (tertiary/aromatic N) is 1. The molecule has 1 fully saturated rings. The van der Waals surface area contributed by atoms with Gasteiger partial charge in [0.05, 0.1) is 5.54 Å². The number of rotatable bonds is 1. The van der Waals surface area contributed by atoms with Crippen LogP contribution in [0.3, 0.4) is 0 Å². The number of benzene rings is 1. The molecule has 4 nitrogen and oxygen atoms in total. The molecule has 2 aromatic rings. The summed E-state index contributed by atoms with van der Waals surface area (Å²) in [7, 11) is 0. The van der Waals surface area contributed by atoms with Crippen LogP contribution in [-0.2, 0) is 17.6 Å². The molecule has 1 N–H and O–H groups in total. The first kappa shape index (κ1) is 13.3. The highest BCUT2D eigenvalue weighted by Gasteiger charge is 2.42. The van der Waals surface area contributed by atoms with E-state index in [0.717, 1.165) is 30.4 Å². The summed E-state index contributed by atoms with van der Waals surface area (Å²) in [6, 6.07) is 8.60. The zero-order chi connectivity index (χ0) is 15.2. The number of pyridine rings is 1. The Morgan fingerprint density at radius 3 is 3.00 bits per heavy atom. The molecule has 22 heavy (non-hydrogen) atoms. The van der Waals surface area contributed by atoms with Crippen LogP contribution >= 0.6 is 0 Å². The topological polar surface area (TPSA) is 51.2 Å². The highest BCUT2D eigenvalue weighted by Crippen LogP contribution is 2.37. The van der Waals surface area contributed by atoms with Gasteiger partial charge in [-0.3, -0.25) is 4.98 Å². The number of fused-ring (bicyclic) bond motifs is 1. The fourth-order valence-corrected chi connectivity index (χ4v) is 3.57. The molecule has 2 heterocycles. The highest BCUT2D eigenvalue weighted by atomic mass is 16.6. The Kier molecular flexibility index (Phi) is 2.93. The van der Waals surface area contributed by atoms with Crippen molar-refractivity contribution in [1.29, 1.82) is 0 Å². The van der Waals surface area contributed by atoms with Crippen LogP contribution in [0, 0.1) is 6.92 Å². The van der Waals surface area contributed by atoms with Crippen molar-refractivity contribution >= 4 is 6.09 Å². The van der Waals surface area contributed by atoms with E-state index in [-0.39, 0.29) is 11.6 Å². The Bertz CT molecular complexity index is 757. The monoisotopic (exact) mass is 294 g/mol. The van der Waals surface area contributed by atoms with Crippen LogP contribution in [0.4, 0.5) is 4.79 Å². The van der Waals surface area contributed by atoms with E-state index >= 15 is 0 Å². The zero-order valence-corrected chi connectivity index (χ0v) is 12.6. The Morgan fingerprint density at radius 2 is 2.23 bits per heavy atom. The van der Waals surface area contributed by atoms with Crippen LogP contribution < -0.4 is 5.32 Å². The van der Waals surface area contributed by atoms with E-state index in [1.165, 1.54) is 16.7 Å². The summed E-state index contributed by atoms with van der Waals surface area (Å²) in [5, 5.41) is 3.02. The van der Waals surface area contributed by atoms with Crippen molar-refractivity contribution in [3.63, 3.8) is 0 Å². The van der Waals surface area contributed by atoms with Crippen molar-refractivity contribution < 1.29 is 9.53 Å². The van der Waals surface area contributed by atoms with Gasteiger partial charge in [0.2, 0.25) is 0 Å². The van der Waals surface area contributed by atoms with Gasteiger partial charge in [0.1, 0.15) is 6.61 Å². The molecule has 1 amide bonds. The second-order valence-electron chi connectivity index (χ2n) is 6.35. The van der Waals surface area contributed by atoms with Crippen molar-refractivity contribution in [2.24, 2.45) is 0 Å². The number of nitrogens with one attached hydrogen (secondary N) is 1. The molecule has 2 aliphatic rings. The third kappa shape index (κ3) is 2.15. The first-order valence-electron chi connectivity index (χ1n) is 7.63. The molecule has 1 aromatic heterocycles. The summed E-state index contributed by atoms with van der Waals surface area (Å²) < 4.78 is 5.16. The fraction of sp³-hybridized carbons (Fsp3) is 0.333. The number of ether oxygens (including phenoxy) is 1. The molecular formula is C18H18N2O2. The number of amides is 1. The summed E-state index contributed by atoms with van der Waals surface area (Å²) in [4.78, 5) is 15.8. The average Bonchev–Trinajstić information content (AvgIpc) is 2.87. The van der Waals surface area contributed by atoms with Crippen LogP contribution in [0.1, 0.15) is 23.1 Å². The maximum atomic E-state index is 11.5. The summed E-state index contributed by atoms with van der Waals surface area (Å²) in [5.74, 6) is 0. The SMILES string of the molecule is Cc1cncc(-c2cccc3c2CC2(CC3)COC(=O)N2)c1. The molecular weight excluding hydrogens is 276 g/mol. The molecule has 1 aliphatic carbocycles. The molecule has 1 unspecified atom stereocenters. The predicted molar refractivity (Wildman–Crippen MR) is 83.6 cm³/mol. The maximum Gasteiger partial charge on any atom is 0.407 e. The van der Waals surface area contributed by atoms with E-state index < -0.39 is 0 Å². The molecule has 1 aliphatic heterocycles. The number of carbonyl (C=O) groups is 1. The van der Waals surface area contributed by atoms with Gasteiger partial charge in [0, 0.05) is 18.0 Å². The zero-order valence-electron chi connectivity index (χ0n) is 12.6. The van der Waals surface area contributed by atoms with E-state index in [0.29, 0.717) is 6.61 Å². The van der Waals surface area contributed by atoms with E-state index in [4.69, 9.17) is 4.74 Å². The molecule has 1 atom stereocenters. The molecule has 0 bridgehead atoms. The first-order valence-corrected chi connectivity index (χ1v) is 7.63. The van der Waals surface area contributed by atoms with Crippen LogP contribution in [0.15, 0.2) is 36.7 Å². The molecule has 1 aromatic carbocycles. The first-order chi connectivity index (χ1) is 10.7. The fourth-order valence-electron chi connectivity index (χ4n) is 3.57. The predicted octanol–water partition coefficient (Wildman–Crippen LogP) is 3.02. The van der Waals surface area contributed by atoms with Crippen LogP contribution in [0.2, 0.25) is 0 Å². The molecule has 1 saturated heterocycles. The normalized spacial score (nSPS) is 23.0. The van der Waals surface area contributed by atoms with Gasteiger partial charge in [-0.05, 0) is 54.5 Å². The van der Waals surface area contributed by atoms with E-state index in [9.17, 15) is 4.79 Å². The van der Waals surface area contributed by atoms with Gasteiger partial charge in [-0.1, -0.05) is 18.2 Å². The van der Waals surface area contributed by atoms with Gasteiger partial charge in [-0.25, -0.2) is 4.79 Å². The summed E-state index contributed by atoms with van der Waals surface area (Å²) in [6.45, 7) is 2.52. The summed E-state index contributed by atoms with van der Waals surface area (Å²) in [6.07, 6.45) is 6.20. The van der Waals surface area contributed by atoms with Gasteiger partial charge in [-0.15, -0.1) is 0 Å². The number of hydrogen-bond acceptors (Lipinski definition) is 3. The number of aromatic nitrogens is 1. The summed E-state index contributed by atoms with van der Waals surface area (Å²) >= 11 is 0. The molecule has 112 valence electrons. The molecule has 4 rings (SSSR count). The molecule has 1 spiro atoms. The minimum Gasteiger partial charge on any atom is -0.447 e. The van der Waals surface area contributed by atoms with Crippen LogP contribution in [0.25, 0.3) is 11.1 Å². The standard InChI is InChI=1S/C18H18N2O2/c1-12-7-14(10-19-9-12)15-4-2-3-13-5-6-18(8-16(13)15)11-22-17(21)20-18/h2-4,7,9-10H,5-6,8,11H2,1H3,(H,20,21). The Balaban J connectivity index is 1.79. The van der Waals surface area contributed by atoms with Crippen molar-refractivity contribution in [1.82, 2.24) is 10.3 Å². The van der Waals surface area contributed by atoms with Gasteiger partial charge in [0.15, 0.2) is 0 Å². The number of alkyl carbamates (subject to hydrolysis) is 1. The van der Waals surface area contributed by atoms with E-state index in [1.807, 2.05) is 12.4 Å². The van der Waals surface area contributed by atoms with Crippen molar-refractivity contribution in [2.75, 3.05) is 6.61 Å². The van der Waals surface area contributed by atoms with Crippen molar-refractivity contribution in [2.45, 2.75) is 31.7 Å². The number of cyclic esters (lactones) is 1.